The fourth-order valence-electron chi connectivity index (χ4n) is 2.91. The highest BCUT2D eigenvalue weighted by Crippen LogP contribution is 2.34. The number of methoxy groups -OCH3 is 2. The van der Waals surface area contributed by atoms with E-state index in [0.717, 1.165) is 28.5 Å². The van der Waals surface area contributed by atoms with E-state index in [0.29, 0.717) is 30.2 Å². The Morgan fingerprint density at radius 3 is 2.60 bits per heavy atom. The minimum absolute atomic E-state index is 0.491. The minimum atomic E-state index is 0.491. The Labute approximate surface area is 146 Å². The van der Waals surface area contributed by atoms with Crippen molar-refractivity contribution in [2.24, 2.45) is 0 Å². The van der Waals surface area contributed by atoms with Gasteiger partial charge in [-0.25, -0.2) is 0 Å². The Morgan fingerprint density at radius 1 is 1.08 bits per heavy atom. The molecule has 3 rings (SSSR count). The standard InChI is InChI=1S/C20H21NO4/c1-14-5-4-6-16(9-14)25-8-7-21-12-15(13-22)20-18(21)10-17(23-2)11-19(20)24-3/h4-6,9-13H,7-8H2,1-3H3. The number of aromatic nitrogens is 1. The van der Waals surface area contributed by atoms with Gasteiger partial charge in [0.15, 0.2) is 6.29 Å². The van der Waals surface area contributed by atoms with Crippen LogP contribution in [0.5, 0.6) is 17.2 Å². The number of carbonyl (C=O) groups is 1. The predicted octanol–water partition coefficient (Wildman–Crippen LogP) is 3.86. The molecule has 3 aromatic rings. The van der Waals surface area contributed by atoms with E-state index >= 15 is 0 Å². The Morgan fingerprint density at radius 2 is 1.92 bits per heavy atom. The maximum atomic E-state index is 11.5. The van der Waals surface area contributed by atoms with Crippen molar-refractivity contribution in [2.75, 3.05) is 20.8 Å². The number of nitrogens with zero attached hydrogens (tertiary/aromatic N) is 1. The van der Waals surface area contributed by atoms with Crippen molar-refractivity contribution >= 4 is 17.2 Å². The summed E-state index contributed by atoms with van der Waals surface area (Å²) in [5, 5.41) is 0.786. The zero-order valence-corrected chi connectivity index (χ0v) is 14.6. The Balaban J connectivity index is 1.89. The van der Waals surface area contributed by atoms with Crippen molar-refractivity contribution in [3.8, 4) is 17.2 Å². The Bertz CT molecular complexity index is 898. The van der Waals surface area contributed by atoms with Crippen LogP contribution in [0, 0.1) is 6.92 Å². The number of aldehydes is 1. The summed E-state index contributed by atoms with van der Waals surface area (Å²) in [5.41, 5.74) is 2.62. The number of benzene rings is 2. The molecule has 130 valence electrons. The average molecular weight is 339 g/mol. The molecule has 1 aromatic heterocycles. The largest absolute Gasteiger partial charge is 0.497 e. The maximum Gasteiger partial charge on any atom is 0.152 e. The van der Waals surface area contributed by atoms with E-state index < -0.39 is 0 Å². The lowest BCUT2D eigenvalue weighted by Crippen LogP contribution is -2.07. The number of ether oxygens (including phenoxy) is 3. The van der Waals surface area contributed by atoms with Gasteiger partial charge in [-0.15, -0.1) is 0 Å². The third-order valence-electron chi connectivity index (χ3n) is 4.12. The molecule has 2 aromatic carbocycles. The van der Waals surface area contributed by atoms with E-state index in [1.165, 1.54) is 0 Å². The van der Waals surface area contributed by atoms with Crippen LogP contribution in [0.1, 0.15) is 15.9 Å². The molecular formula is C20H21NO4. The van der Waals surface area contributed by atoms with E-state index in [1.54, 1.807) is 20.3 Å². The minimum Gasteiger partial charge on any atom is -0.497 e. The van der Waals surface area contributed by atoms with Crippen molar-refractivity contribution in [1.82, 2.24) is 4.57 Å². The summed E-state index contributed by atoms with van der Waals surface area (Å²) in [6, 6.07) is 11.6. The Kier molecular flexibility index (Phi) is 4.93. The van der Waals surface area contributed by atoms with Crippen LogP contribution in [0.2, 0.25) is 0 Å². The molecule has 1 heterocycles. The van der Waals surface area contributed by atoms with Gasteiger partial charge in [0.25, 0.3) is 0 Å². The predicted molar refractivity (Wildman–Crippen MR) is 97.1 cm³/mol. The van der Waals surface area contributed by atoms with Crippen LogP contribution in [-0.4, -0.2) is 31.7 Å². The van der Waals surface area contributed by atoms with Gasteiger partial charge in [0.05, 0.1) is 31.7 Å². The first-order chi connectivity index (χ1) is 12.2. The lowest BCUT2D eigenvalue weighted by molar-refractivity contribution is 0.112. The Hall–Kier alpha value is -2.95. The molecule has 0 saturated carbocycles. The molecule has 25 heavy (non-hydrogen) atoms. The average Bonchev–Trinajstić information content (AvgIpc) is 2.99. The summed E-state index contributed by atoms with van der Waals surface area (Å²) >= 11 is 0. The molecule has 0 radical (unpaired) electrons. The molecule has 0 N–H and O–H groups in total. The highest BCUT2D eigenvalue weighted by atomic mass is 16.5. The second-order valence-corrected chi connectivity index (χ2v) is 5.78. The normalized spacial score (nSPS) is 10.7. The van der Waals surface area contributed by atoms with Gasteiger partial charge in [-0.3, -0.25) is 4.79 Å². The number of aryl methyl sites for hydroxylation is 1. The van der Waals surface area contributed by atoms with Gasteiger partial charge in [-0.05, 0) is 24.6 Å². The molecule has 5 nitrogen and oxygen atoms in total. The van der Waals surface area contributed by atoms with E-state index in [9.17, 15) is 4.79 Å². The van der Waals surface area contributed by atoms with E-state index in [4.69, 9.17) is 14.2 Å². The highest BCUT2D eigenvalue weighted by molar-refractivity contribution is 6.02. The fraction of sp³-hybridized carbons (Fsp3) is 0.250. The first-order valence-electron chi connectivity index (χ1n) is 8.05. The van der Waals surface area contributed by atoms with Crippen molar-refractivity contribution in [3.05, 3.63) is 53.7 Å². The molecule has 0 spiro atoms. The zero-order valence-electron chi connectivity index (χ0n) is 14.6. The molecule has 0 saturated heterocycles. The number of hydrogen-bond donors (Lipinski definition) is 0. The van der Waals surface area contributed by atoms with Crippen LogP contribution in [-0.2, 0) is 6.54 Å². The maximum absolute atomic E-state index is 11.5. The molecular weight excluding hydrogens is 318 g/mol. The number of fused-ring (bicyclic) bond motifs is 1. The summed E-state index contributed by atoms with van der Waals surface area (Å²) in [6.45, 7) is 3.13. The summed E-state index contributed by atoms with van der Waals surface area (Å²) in [4.78, 5) is 11.5. The first-order valence-corrected chi connectivity index (χ1v) is 8.05. The van der Waals surface area contributed by atoms with Gasteiger partial charge in [0, 0.05) is 23.9 Å². The topological polar surface area (TPSA) is 49.7 Å². The molecule has 0 bridgehead atoms. The SMILES string of the molecule is COc1cc(OC)c2c(C=O)cn(CCOc3cccc(C)c3)c2c1. The molecule has 0 aliphatic rings. The van der Waals surface area contributed by atoms with Crippen LogP contribution in [0.25, 0.3) is 10.9 Å². The van der Waals surface area contributed by atoms with Gasteiger partial charge >= 0.3 is 0 Å². The lowest BCUT2D eigenvalue weighted by atomic mass is 10.1. The summed E-state index contributed by atoms with van der Waals surface area (Å²) in [7, 11) is 3.19. The van der Waals surface area contributed by atoms with Gasteiger partial charge in [0.1, 0.15) is 23.9 Å². The van der Waals surface area contributed by atoms with Crippen LogP contribution >= 0.6 is 0 Å². The van der Waals surface area contributed by atoms with E-state index in [-0.39, 0.29) is 0 Å². The molecule has 0 fully saturated rings. The highest BCUT2D eigenvalue weighted by Gasteiger charge is 2.15. The molecule has 0 amide bonds. The van der Waals surface area contributed by atoms with Gasteiger partial charge in [-0.1, -0.05) is 12.1 Å². The van der Waals surface area contributed by atoms with Crippen LogP contribution in [0.3, 0.4) is 0 Å². The molecule has 0 unspecified atom stereocenters. The molecule has 0 aliphatic heterocycles. The molecule has 5 heteroatoms. The summed E-state index contributed by atoms with van der Waals surface area (Å²) < 4.78 is 18.6. The third kappa shape index (κ3) is 3.45. The van der Waals surface area contributed by atoms with E-state index in [2.05, 4.69) is 0 Å². The third-order valence-corrected chi connectivity index (χ3v) is 4.12. The van der Waals surface area contributed by atoms with Crippen LogP contribution in [0.15, 0.2) is 42.6 Å². The van der Waals surface area contributed by atoms with Crippen LogP contribution in [0.4, 0.5) is 0 Å². The van der Waals surface area contributed by atoms with Crippen molar-refractivity contribution < 1.29 is 19.0 Å². The monoisotopic (exact) mass is 339 g/mol. The number of hydrogen-bond acceptors (Lipinski definition) is 4. The van der Waals surface area contributed by atoms with Gasteiger partial charge in [0.2, 0.25) is 0 Å². The van der Waals surface area contributed by atoms with Crippen molar-refractivity contribution in [2.45, 2.75) is 13.5 Å². The second kappa shape index (κ2) is 7.30. The lowest BCUT2D eigenvalue weighted by Gasteiger charge is -2.11. The molecule has 0 aliphatic carbocycles. The van der Waals surface area contributed by atoms with Crippen molar-refractivity contribution in [3.63, 3.8) is 0 Å². The summed E-state index contributed by atoms with van der Waals surface area (Å²) in [6.07, 6.45) is 2.66. The zero-order chi connectivity index (χ0) is 17.8. The first kappa shape index (κ1) is 16.9. The fourth-order valence-corrected chi connectivity index (χ4v) is 2.91. The van der Waals surface area contributed by atoms with Crippen molar-refractivity contribution in [1.29, 1.82) is 0 Å². The van der Waals surface area contributed by atoms with E-state index in [1.807, 2.05) is 48.0 Å². The number of rotatable bonds is 7. The smallest absolute Gasteiger partial charge is 0.152 e. The van der Waals surface area contributed by atoms with Gasteiger partial charge < -0.3 is 18.8 Å². The quantitative estimate of drug-likeness (QED) is 0.613. The molecule has 0 atom stereocenters. The number of carbonyl (C=O) groups excluding carboxylic acids is 1. The second-order valence-electron chi connectivity index (χ2n) is 5.78. The summed E-state index contributed by atoms with van der Waals surface area (Å²) in [5.74, 6) is 2.14. The van der Waals surface area contributed by atoms with Crippen LogP contribution < -0.4 is 14.2 Å². The van der Waals surface area contributed by atoms with Gasteiger partial charge in [-0.2, -0.15) is 0 Å².